The number of hydrogen-bond acceptors (Lipinski definition) is 5. The highest BCUT2D eigenvalue weighted by molar-refractivity contribution is 7.11. The van der Waals surface area contributed by atoms with Gasteiger partial charge in [-0.3, -0.25) is 0 Å². The maximum absolute atomic E-state index is 6.46. The first-order chi connectivity index (χ1) is 15.3. The molecule has 0 aliphatic carbocycles. The van der Waals surface area contributed by atoms with Gasteiger partial charge in [0, 0.05) is 11.1 Å². The number of benzene rings is 2. The van der Waals surface area contributed by atoms with Crippen LogP contribution in [0.2, 0.25) is 0 Å². The monoisotopic (exact) mass is 432 g/mol. The van der Waals surface area contributed by atoms with Crippen molar-refractivity contribution in [3.63, 3.8) is 0 Å². The van der Waals surface area contributed by atoms with Crippen LogP contribution >= 0.6 is 11.3 Å². The van der Waals surface area contributed by atoms with Gasteiger partial charge in [-0.15, -0.1) is 11.3 Å². The van der Waals surface area contributed by atoms with Gasteiger partial charge in [0.25, 0.3) is 0 Å². The van der Waals surface area contributed by atoms with Crippen molar-refractivity contribution in [3.8, 4) is 11.5 Å². The summed E-state index contributed by atoms with van der Waals surface area (Å²) in [7, 11) is 0. The third-order valence-corrected chi connectivity index (χ3v) is 6.72. The van der Waals surface area contributed by atoms with Crippen LogP contribution in [0.5, 0.6) is 11.5 Å². The molecular formula is C26H28N2O2S. The van der Waals surface area contributed by atoms with E-state index in [0.29, 0.717) is 0 Å². The number of ether oxygens (including phenoxy) is 2. The minimum absolute atomic E-state index is 0.126. The summed E-state index contributed by atoms with van der Waals surface area (Å²) in [5.41, 5.74) is 7.03. The molecule has 2 aliphatic heterocycles. The van der Waals surface area contributed by atoms with Gasteiger partial charge in [-0.25, -0.2) is 0 Å². The summed E-state index contributed by atoms with van der Waals surface area (Å²) in [5, 5.41) is 4.32. The van der Waals surface area contributed by atoms with Gasteiger partial charge in [-0.2, -0.15) is 5.01 Å². The maximum atomic E-state index is 6.46. The molecule has 4 nitrogen and oxygen atoms in total. The Morgan fingerprint density at radius 1 is 1.00 bits per heavy atom. The Balaban J connectivity index is 1.35. The molecule has 0 bridgehead atoms. The summed E-state index contributed by atoms with van der Waals surface area (Å²) in [6, 6.07) is 21.0. The summed E-state index contributed by atoms with van der Waals surface area (Å²) < 4.78 is 12.4. The summed E-state index contributed by atoms with van der Waals surface area (Å²) in [6.45, 7) is 3.00. The predicted molar refractivity (Wildman–Crippen MR) is 126 cm³/mol. The van der Waals surface area contributed by atoms with E-state index in [4.69, 9.17) is 9.47 Å². The maximum Gasteiger partial charge on any atom is 0.195 e. The molecule has 0 unspecified atom stereocenters. The highest BCUT2D eigenvalue weighted by atomic mass is 32.1. The van der Waals surface area contributed by atoms with Crippen LogP contribution in [0.3, 0.4) is 0 Å². The second-order valence-corrected chi connectivity index (χ2v) is 8.96. The lowest BCUT2D eigenvalue weighted by Crippen LogP contribution is -2.42. The van der Waals surface area contributed by atoms with Crippen LogP contribution in [0.4, 0.5) is 0 Å². The Hall–Kier alpha value is -2.76. The molecule has 5 heteroatoms. The van der Waals surface area contributed by atoms with E-state index in [0.717, 1.165) is 35.8 Å². The molecule has 0 radical (unpaired) electrons. The van der Waals surface area contributed by atoms with E-state index >= 15 is 0 Å². The van der Waals surface area contributed by atoms with Crippen molar-refractivity contribution in [2.75, 3.05) is 6.61 Å². The van der Waals surface area contributed by atoms with Crippen molar-refractivity contribution in [3.05, 3.63) is 88.1 Å². The van der Waals surface area contributed by atoms with E-state index in [1.807, 2.05) is 6.07 Å². The summed E-state index contributed by atoms with van der Waals surface area (Å²) >= 11 is 1.74. The van der Waals surface area contributed by atoms with Gasteiger partial charge in [-0.05, 0) is 42.1 Å². The Morgan fingerprint density at radius 3 is 2.68 bits per heavy atom. The zero-order valence-corrected chi connectivity index (χ0v) is 18.6. The average Bonchev–Trinajstić information content (AvgIpc) is 3.49. The Kier molecular flexibility index (Phi) is 5.96. The molecule has 5 rings (SSSR count). The smallest absolute Gasteiger partial charge is 0.195 e. The molecule has 3 heterocycles. The van der Waals surface area contributed by atoms with E-state index in [-0.39, 0.29) is 12.3 Å². The first-order valence-corrected chi connectivity index (χ1v) is 12.0. The van der Waals surface area contributed by atoms with Crippen LogP contribution in [0, 0.1) is 0 Å². The molecule has 0 saturated carbocycles. The topological polar surface area (TPSA) is 33.7 Å². The first-order valence-electron chi connectivity index (χ1n) is 11.1. The van der Waals surface area contributed by atoms with Crippen molar-refractivity contribution in [1.29, 1.82) is 0 Å². The van der Waals surface area contributed by atoms with E-state index in [1.54, 1.807) is 11.3 Å². The summed E-state index contributed by atoms with van der Waals surface area (Å²) in [4.78, 5) is 1.23. The van der Waals surface area contributed by atoms with Crippen LogP contribution in [-0.2, 0) is 0 Å². The molecule has 1 N–H and O–H groups in total. The molecular weight excluding hydrogens is 404 g/mol. The van der Waals surface area contributed by atoms with Crippen molar-refractivity contribution in [1.82, 2.24) is 10.4 Å². The lowest BCUT2D eigenvalue weighted by molar-refractivity contribution is -0.0326. The fraction of sp³-hybridized carbons (Fsp3) is 0.308. The lowest BCUT2D eigenvalue weighted by atomic mass is 10.0. The number of nitrogens with one attached hydrogen (secondary N) is 1. The van der Waals surface area contributed by atoms with Gasteiger partial charge in [0.1, 0.15) is 11.5 Å². The molecule has 0 amide bonds. The van der Waals surface area contributed by atoms with Crippen LogP contribution in [0.25, 0.3) is 5.70 Å². The Morgan fingerprint density at radius 2 is 1.87 bits per heavy atom. The van der Waals surface area contributed by atoms with E-state index in [2.05, 4.69) is 83.4 Å². The number of hydrazine groups is 1. The fourth-order valence-corrected chi connectivity index (χ4v) is 4.88. The number of thiophene rings is 1. The lowest BCUT2D eigenvalue weighted by Gasteiger charge is -2.38. The standard InChI is InChI=1S/C26H28N2O2S/c1-2-3-4-7-16-29-20-14-12-19(13-15-20)26-28-23(21-9-5-6-10-24(21)30-26)18-22(27-28)25-11-8-17-31-25/h5-6,8-15,17-18,23,26-27H,2-4,7,16H2,1H3/t23-,26-/m0/s1. The largest absolute Gasteiger partial charge is 0.494 e. The predicted octanol–water partition coefficient (Wildman–Crippen LogP) is 6.70. The molecule has 0 saturated heterocycles. The Bertz CT molecular complexity index is 1030. The highest BCUT2D eigenvalue weighted by Crippen LogP contribution is 2.46. The quantitative estimate of drug-likeness (QED) is 0.402. The van der Waals surface area contributed by atoms with Crippen LogP contribution in [0.1, 0.15) is 60.9 Å². The van der Waals surface area contributed by atoms with Gasteiger partial charge < -0.3 is 14.9 Å². The number of unbranched alkanes of at least 4 members (excludes halogenated alkanes) is 3. The van der Waals surface area contributed by atoms with Gasteiger partial charge in [0.05, 0.1) is 23.2 Å². The van der Waals surface area contributed by atoms with Gasteiger partial charge in [-0.1, -0.05) is 62.6 Å². The minimum Gasteiger partial charge on any atom is -0.494 e. The zero-order chi connectivity index (χ0) is 21.0. The number of hydrogen-bond donors (Lipinski definition) is 1. The minimum atomic E-state index is -0.216. The third-order valence-electron chi connectivity index (χ3n) is 5.82. The fourth-order valence-electron chi connectivity index (χ4n) is 4.18. The van der Waals surface area contributed by atoms with Crippen molar-refractivity contribution >= 4 is 17.0 Å². The molecule has 2 atom stereocenters. The molecule has 31 heavy (non-hydrogen) atoms. The summed E-state index contributed by atoms with van der Waals surface area (Å²) in [5.74, 6) is 1.86. The number of rotatable bonds is 8. The summed E-state index contributed by atoms with van der Waals surface area (Å²) in [6.07, 6.45) is 6.93. The van der Waals surface area contributed by atoms with Crippen LogP contribution < -0.4 is 14.9 Å². The molecule has 1 aromatic heterocycles. The molecule has 2 aromatic carbocycles. The second-order valence-electron chi connectivity index (χ2n) is 8.01. The Labute approximate surface area is 188 Å². The highest BCUT2D eigenvalue weighted by Gasteiger charge is 2.40. The normalized spacial score (nSPS) is 19.7. The zero-order valence-electron chi connectivity index (χ0n) is 17.8. The van der Waals surface area contributed by atoms with Gasteiger partial charge in [0.15, 0.2) is 6.23 Å². The van der Waals surface area contributed by atoms with Gasteiger partial charge >= 0.3 is 0 Å². The van der Waals surface area contributed by atoms with Crippen molar-refractivity contribution < 1.29 is 9.47 Å². The van der Waals surface area contributed by atoms with E-state index in [1.165, 1.54) is 29.7 Å². The van der Waals surface area contributed by atoms with Crippen LogP contribution in [-0.4, -0.2) is 11.6 Å². The number of para-hydroxylation sites is 1. The van der Waals surface area contributed by atoms with E-state index < -0.39 is 0 Å². The van der Waals surface area contributed by atoms with Crippen molar-refractivity contribution in [2.24, 2.45) is 0 Å². The molecule has 2 aliphatic rings. The number of nitrogens with zero attached hydrogens (tertiary/aromatic N) is 1. The molecule has 160 valence electrons. The first kappa shape index (κ1) is 20.2. The van der Waals surface area contributed by atoms with Crippen LogP contribution in [0.15, 0.2) is 72.1 Å². The van der Waals surface area contributed by atoms with Crippen molar-refractivity contribution in [2.45, 2.75) is 44.9 Å². The molecule has 0 fully saturated rings. The molecule has 3 aromatic rings. The number of fused-ring (bicyclic) bond motifs is 3. The van der Waals surface area contributed by atoms with E-state index in [9.17, 15) is 0 Å². The second kappa shape index (κ2) is 9.16. The molecule has 0 spiro atoms. The third kappa shape index (κ3) is 4.21. The average molecular weight is 433 g/mol. The van der Waals surface area contributed by atoms with Gasteiger partial charge in [0.2, 0.25) is 0 Å². The SMILES string of the molecule is CCCCCCOc1ccc([C@@H]2Oc3ccccc3[C@@H]3C=C(c4cccs4)NN32)cc1.